The molecule has 0 aliphatic heterocycles. The van der Waals surface area contributed by atoms with Gasteiger partial charge in [0.15, 0.2) is 0 Å². The first-order chi connectivity index (χ1) is 6.68. The molecule has 0 aromatic rings. The molecule has 0 aromatic carbocycles. The van der Waals surface area contributed by atoms with E-state index in [1.807, 2.05) is 0 Å². The van der Waals surface area contributed by atoms with Crippen molar-refractivity contribution in [2.24, 2.45) is 23.0 Å². The molecule has 1 unspecified atom stereocenters. The van der Waals surface area contributed by atoms with Crippen LogP contribution in [-0.2, 0) is 0 Å². The van der Waals surface area contributed by atoms with E-state index in [1.165, 1.54) is 25.7 Å². The largest absolute Gasteiger partial charge is 0.392 e. The van der Waals surface area contributed by atoms with Gasteiger partial charge in [0, 0.05) is 12.0 Å². The summed E-state index contributed by atoms with van der Waals surface area (Å²) in [5, 5.41) is 10.3. The quantitative estimate of drug-likeness (QED) is 0.726. The van der Waals surface area contributed by atoms with Crippen molar-refractivity contribution in [3.8, 4) is 0 Å². The van der Waals surface area contributed by atoms with Crippen molar-refractivity contribution in [3.05, 3.63) is 0 Å². The molecule has 3 N–H and O–H groups in total. The van der Waals surface area contributed by atoms with E-state index in [9.17, 15) is 5.11 Å². The SMILES string of the molecule is CC1CCC(CN)(C(O)C2CC2)CC1. The minimum Gasteiger partial charge on any atom is -0.392 e. The van der Waals surface area contributed by atoms with Gasteiger partial charge in [-0.2, -0.15) is 0 Å². The van der Waals surface area contributed by atoms with Crippen molar-refractivity contribution < 1.29 is 5.11 Å². The van der Waals surface area contributed by atoms with Crippen molar-refractivity contribution in [1.29, 1.82) is 0 Å². The molecule has 2 fully saturated rings. The molecule has 0 aromatic heterocycles. The van der Waals surface area contributed by atoms with Crippen LogP contribution in [-0.4, -0.2) is 17.8 Å². The van der Waals surface area contributed by atoms with Gasteiger partial charge in [-0.15, -0.1) is 0 Å². The monoisotopic (exact) mass is 197 g/mol. The van der Waals surface area contributed by atoms with Crippen molar-refractivity contribution in [1.82, 2.24) is 0 Å². The Bertz CT molecular complexity index is 192. The van der Waals surface area contributed by atoms with Gasteiger partial charge >= 0.3 is 0 Å². The second-order valence-corrected chi connectivity index (χ2v) is 5.53. The van der Waals surface area contributed by atoms with Gasteiger partial charge in [-0.25, -0.2) is 0 Å². The smallest absolute Gasteiger partial charge is 0.0636 e. The minimum absolute atomic E-state index is 0.0771. The third-order valence-corrected chi connectivity index (χ3v) is 4.37. The highest BCUT2D eigenvalue weighted by molar-refractivity contribution is 4.97. The van der Waals surface area contributed by atoms with Crippen LogP contribution in [0.25, 0.3) is 0 Å². The molecule has 0 amide bonds. The van der Waals surface area contributed by atoms with Gasteiger partial charge in [-0.1, -0.05) is 19.8 Å². The Hall–Kier alpha value is -0.0800. The first kappa shape index (κ1) is 10.4. The number of hydrogen-bond donors (Lipinski definition) is 2. The fraction of sp³-hybridized carbons (Fsp3) is 1.00. The van der Waals surface area contributed by atoms with Gasteiger partial charge in [0.25, 0.3) is 0 Å². The van der Waals surface area contributed by atoms with Crippen molar-refractivity contribution in [2.45, 2.75) is 51.6 Å². The van der Waals surface area contributed by atoms with Crippen molar-refractivity contribution in [2.75, 3.05) is 6.54 Å². The third-order valence-electron chi connectivity index (χ3n) is 4.37. The van der Waals surface area contributed by atoms with Gasteiger partial charge in [0.2, 0.25) is 0 Å². The van der Waals surface area contributed by atoms with Gasteiger partial charge in [0.1, 0.15) is 0 Å². The molecule has 2 nitrogen and oxygen atoms in total. The fourth-order valence-electron chi connectivity index (χ4n) is 2.87. The highest BCUT2D eigenvalue weighted by Gasteiger charge is 2.46. The van der Waals surface area contributed by atoms with Crippen molar-refractivity contribution in [3.63, 3.8) is 0 Å². The van der Waals surface area contributed by atoms with Gasteiger partial charge in [-0.3, -0.25) is 0 Å². The maximum absolute atomic E-state index is 10.3. The Morgan fingerprint density at radius 2 is 1.86 bits per heavy atom. The van der Waals surface area contributed by atoms with Crippen molar-refractivity contribution >= 4 is 0 Å². The second kappa shape index (κ2) is 3.82. The highest BCUT2D eigenvalue weighted by Crippen LogP contribution is 2.48. The highest BCUT2D eigenvalue weighted by atomic mass is 16.3. The molecule has 2 aliphatic carbocycles. The molecule has 0 spiro atoms. The molecular weight excluding hydrogens is 174 g/mol. The van der Waals surface area contributed by atoms with Crippen LogP contribution in [0.5, 0.6) is 0 Å². The Balaban J connectivity index is 2.01. The summed E-state index contributed by atoms with van der Waals surface area (Å²) in [6.45, 7) is 2.99. The van der Waals surface area contributed by atoms with Gasteiger partial charge < -0.3 is 10.8 Å². The molecule has 0 radical (unpaired) electrons. The summed E-state index contributed by atoms with van der Waals surface area (Å²) in [4.78, 5) is 0. The lowest BCUT2D eigenvalue weighted by atomic mass is 9.66. The lowest BCUT2D eigenvalue weighted by Crippen LogP contribution is -2.45. The summed E-state index contributed by atoms with van der Waals surface area (Å²) in [6.07, 6.45) is 7.11. The van der Waals surface area contributed by atoms with Crippen LogP contribution in [0.4, 0.5) is 0 Å². The van der Waals surface area contributed by atoms with Crippen LogP contribution < -0.4 is 5.73 Å². The number of hydrogen-bond acceptors (Lipinski definition) is 2. The zero-order valence-corrected chi connectivity index (χ0v) is 9.21. The summed E-state index contributed by atoms with van der Waals surface area (Å²) in [7, 11) is 0. The second-order valence-electron chi connectivity index (χ2n) is 5.53. The molecule has 2 saturated carbocycles. The molecule has 0 bridgehead atoms. The average molecular weight is 197 g/mol. The summed E-state index contributed by atoms with van der Waals surface area (Å²) in [5.74, 6) is 1.41. The van der Waals surface area contributed by atoms with Crippen LogP contribution in [0.1, 0.15) is 45.4 Å². The fourth-order valence-corrected chi connectivity index (χ4v) is 2.87. The Kier molecular flexibility index (Phi) is 2.85. The van der Waals surface area contributed by atoms with Crippen LogP contribution in [0.2, 0.25) is 0 Å². The topological polar surface area (TPSA) is 46.2 Å². The molecule has 0 heterocycles. The molecule has 14 heavy (non-hydrogen) atoms. The van der Waals surface area contributed by atoms with E-state index in [1.54, 1.807) is 0 Å². The lowest BCUT2D eigenvalue weighted by Gasteiger charge is -2.42. The predicted octanol–water partition coefficient (Wildman–Crippen LogP) is 1.91. The van der Waals surface area contributed by atoms with Gasteiger partial charge in [0.05, 0.1) is 6.10 Å². The van der Waals surface area contributed by atoms with E-state index in [-0.39, 0.29) is 11.5 Å². The van der Waals surface area contributed by atoms with Crippen LogP contribution in [0.15, 0.2) is 0 Å². The van der Waals surface area contributed by atoms with E-state index in [0.29, 0.717) is 12.5 Å². The molecule has 2 rings (SSSR count). The maximum Gasteiger partial charge on any atom is 0.0636 e. The maximum atomic E-state index is 10.3. The Morgan fingerprint density at radius 3 is 2.29 bits per heavy atom. The predicted molar refractivity (Wildman–Crippen MR) is 57.9 cm³/mol. The molecule has 1 atom stereocenters. The van der Waals surface area contributed by atoms with E-state index < -0.39 is 0 Å². The van der Waals surface area contributed by atoms with E-state index >= 15 is 0 Å². The van der Waals surface area contributed by atoms with Crippen LogP contribution >= 0.6 is 0 Å². The van der Waals surface area contributed by atoms with Crippen LogP contribution in [0, 0.1) is 17.3 Å². The Labute approximate surface area is 86.9 Å². The minimum atomic E-state index is -0.111. The van der Waals surface area contributed by atoms with E-state index in [0.717, 1.165) is 18.8 Å². The number of aliphatic hydroxyl groups is 1. The van der Waals surface area contributed by atoms with Gasteiger partial charge in [-0.05, 0) is 37.5 Å². The molecule has 2 heteroatoms. The first-order valence-electron chi connectivity index (χ1n) is 6.06. The van der Waals surface area contributed by atoms with Crippen LogP contribution in [0.3, 0.4) is 0 Å². The number of aliphatic hydroxyl groups excluding tert-OH is 1. The molecule has 2 aliphatic rings. The summed E-state index contributed by atoms with van der Waals surface area (Å²) >= 11 is 0. The zero-order valence-electron chi connectivity index (χ0n) is 9.21. The lowest BCUT2D eigenvalue weighted by molar-refractivity contribution is -0.0201. The number of rotatable bonds is 3. The summed E-state index contributed by atoms with van der Waals surface area (Å²) in [6, 6.07) is 0. The number of nitrogens with two attached hydrogens (primary N) is 1. The Morgan fingerprint density at radius 1 is 1.29 bits per heavy atom. The molecular formula is C12H23NO. The average Bonchev–Trinajstić information content (AvgIpc) is 3.02. The molecule has 82 valence electrons. The van der Waals surface area contributed by atoms with E-state index in [4.69, 9.17) is 5.73 Å². The molecule has 0 saturated heterocycles. The summed E-state index contributed by atoms with van der Waals surface area (Å²) in [5.41, 5.74) is 5.97. The standard InChI is InChI=1S/C12H23NO/c1-9-4-6-12(8-13,7-5-9)11(14)10-2-3-10/h9-11,14H,2-8,13H2,1H3. The first-order valence-corrected chi connectivity index (χ1v) is 6.06. The zero-order chi connectivity index (χ0) is 10.2. The normalized spacial score (nSPS) is 40.9. The summed E-state index contributed by atoms with van der Waals surface area (Å²) < 4.78 is 0. The third kappa shape index (κ3) is 1.82. The van der Waals surface area contributed by atoms with E-state index in [2.05, 4.69) is 6.92 Å².